The molecular formula is C17H27N3O. The summed E-state index contributed by atoms with van der Waals surface area (Å²) in [6.07, 6.45) is 1.86. The number of benzene rings is 1. The number of amides is 1. The maximum absolute atomic E-state index is 12.2. The number of anilines is 2. The number of hydrogen-bond acceptors (Lipinski definition) is 3. The second-order valence-electron chi connectivity index (χ2n) is 5.94. The van der Waals surface area contributed by atoms with E-state index in [1.165, 1.54) is 5.69 Å². The van der Waals surface area contributed by atoms with Crippen LogP contribution in [0, 0.1) is 5.92 Å². The minimum atomic E-state index is 0.147. The lowest BCUT2D eigenvalue weighted by molar-refractivity contribution is -0.120. The van der Waals surface area contributed by atoms with Gasteiger partial charge in [0.15, 0.2) is 0 Å². The van der Waals surface area contributed by atoms with Crippen LogP contribution in [0.2, 0.25) is 0 Å². The van der Waals surface area contributed by atoms with Crippen molar-refractivity contribution >= 4 is 17.3 Å². The zero-order valence-electron chi connectivity index (χ0n) is 13.4. The van der Waals surface area contributed by atoms with Gasteiger partial charge in [-0.05, 0) is 71.0 Å². The topological polar surface area (TPSA) is 44.4 Å². The van der Waals surface area contributed by atoms with E-state index in [0.717, 1.165) is 38.2 Å². The van der Waals surface area contributed by atoms with Crippen molar-refractivity contribution in [2.24, 2.45) is 5.92 Å². The molecule has 4 heteroatoms. The van der Waals surface area contributed by atoms with Gasteiger partial charge in [0.25, 0.3) is 0 Å². The first-order chi connectivity index (χ1) is 10.1. The fourth-order valence-electron chi connectivity index (χ4n) is 2.91. The molecule has 1 aliphatic heterocycles. The summed E-state index contributed by atoms with van der Waals surface area (Å²) in [6.45, 7) is 9.41. The van der Waals surface area contributed by atoms with Gasteiger partial charge in [-0.25, -0.2) is 0 Å². The fourth-order valence-corrected chi connectivity index (χ4v) is 2.91. The zero-order valence-corrected chi connectivity index (χ0v) is 13.4. The lowest BCUT2D eigenvalue weighted by Gasteiger charge is -2.27. The standard InChI is InChI=1S/C17H27N3O/c1-4-20(13(2)3)16-7-5-15(6-8-16)19-17(21)14-9-11-18-12-10-14/h5-8,13-14,18H,4,9-12H2,1-3H3,(H,19,21). The number of hydrogen-bond donors (Lipinski definition) is 2. The van der Waals surface area contributed by atoms with Gasteiger partial charge in [-0.15, -0.1) is 0 Å². The summed E-state index contributed by atoms with van der Waals surface area (Å²) in [4.78, 5) is 14.5. The van der Waals surface area contributed by atoms with Crippen molar-refractivity contribution in [1.82, 2.24) is 5.32 Å². The quantitative estimate of drug-likeness (QED) is 0.876. The molecule has 4 nitrogen and oxygen atoms in total. The van der Waals surface area contributed by atoms with Crippen LogP contribution in [-0.2, 0) is 4.79 Å². The van der Waals surface area contributed by atoms with E-state index in [-0.39, 0.29) is 11.8 Å². The van der Waals surface area contributed by atoms with Crippen molar-refractivity contribution in [3.63, 3.8) is 0 Å². The van der Waals surface area contributed by atoms with Gasteiger partial charge in [-0.3, -0.25) is 4.79 Å². The van der Waals surface area contributed by atoms with Crippen LogP contribution < -0.4 is 15.5 Å². The molecule has 0 bridgehead atoms. The van der Waals surface area contributed by atoms with E-state index in [2.05, 4.69) is 48.4 Å². The molecule has 1 heterocycles. The summed E-state index contributed by atoms with van der Waals surface area (Å²) >= 11 is 0. The summed E-state index contributed by atoms with van der Waals surface area (Å²) in [5.41, 5.74) is 2.09. The van der Waals surface area contributed by atoms with Gasteiger partial charge in [0.2, 0.25) is 5.91 Å². The predicted molar refractivity (Wildman–Crippen MR) is 88.8 cm³/mol. The van der Waals surface area contributed by atoms with E-state index in [9.17, 15) is 4.79 Å². The first kappa shape index (κ1) is 15.8. The molecule has 2 rings (SSSR count). The van der Waals surface area contributed by atoms with Crippen LogP contribution in [0.3, 0.4) is 0 Å². The predicted octanol–water partition coefficient (Wildman–Crippen LogP) is 2.86. The molecule has 1 saturated heterocycles. The summed E-state index contributed by atoms with van der Waals surface area (Å²) in [5.74, 6) is 0.300. The Morgan fingerprint density at radius 3 is 2.43 bits per heavy atom. The largest absolute Gasteiger partial charge is 0.369 e. The molecule has 2 N–H and O–H groups in total. The smallest absolute Gasteiger partial charge is 0.227 e. The van der Waals surface area contributed by atoms with Crippen LogP contribution >= 0.6 is 0 Å². The fraction of sp³-hybridized carbons (Fsp3) is 0.588. The van der Waals surface area contributed by atoms with Crippen LogP contribution in [-0.4, -0.2) is 31.6 Å². The number of rotatable bonds is 5. The Hall–Kier alpha value is -1.55. The van der Waals surface area contributed by atoms with Crippen molar-refractivity contribution in [3.05, 3.63) is 24.3 Å². The van der Waals surface area contributed by atoms with Crippen molar-refractivity contribution in [2.45, 2.75) is 39.7 Å². The molecule has 1 aliphatic rings. The molecule has 21 heavy (non-hydrogen) atoms. The lowest BCUT2D eigenvalue weighted by Crippen LogP contribution is -2.34. The van der Waals surface area contributed by atoms with Crippen molar-refractivity contribution in [3.8, 4) is 0 Å². The van der Waals surface area contributed by atoms with Gasteiger partial charge < -0.3 is 15.5 Å². The third-order valence-electron chi connectivity index (χ3n) is 4.14. The molecule has 0 saturated carbocycles. The number of nitrogens with zero attached hydrogens (tertiary/aromatic N) is 1. The molecule has 116 valence electrons. The molecule has 0 unspecified atom stereocenters. The third-order valence-corrected chi connectivity index (χ3v) is 4.14. The van der Waals surface area contributed by atoms with Gasteiger partial charge in [0.1, 0.15) is 0 Å². The van der Waals surface area contributed by atoms with Gasteiger partial charge in [0, 0.05) is 29.9 Å². The second-order valence-corrected chi connectivity index (χ2v) is 5.94. The number of nitrogens with one attached hydrogen (secondary N) is 2. The molecule has 1 amide bonds. The van der Waals surface area contributed by atoms with Crippen LogP contribution in [0.4, 0.5) is 11.4 Å². The minimum Gasteiger partial charge on any atom is -0.369 e. The van der Waals surface area contributed by atoms with Crippen molar-refractivity contribution < 1.29 is 4.79 Å². The average Bonchev–Trinajstić information content (AvgIpc) is 2.50. The molecule has 1 aromatic carbocycles. The van der Waals surface area contributed by atoms with Gasteiger partial charge >= 0.3 is 0 Å². The van der Waals surface area contributed by atoms with E-state index in [1.807, 2.05) is 12.1 Å². The molecule has 0 aromatic heterocycles. The van der Waals surface area contributed by atoms with Crippen LogP contribution in [0.25, 0.3) is 0 Å². The Morgan fingerprint density at radius 1 is 1.29 bits per heavy atom. The van der Waals surface area contributed by atoms with E-state index in [1.54, 1.807) is 0 Å². The third kappa shape index (κ3) is 4.21. The number of carbonyl (C=O) groups excluding carboxylic acids is 1. The summed E-state index contributed by atoms with van der Waals surface area (Å²) in [7, 11) is 0. The summed E-state index contributed by atoms with van der Waals surface area (Å²) < 4.78 is 0. The van der Waals surface area contributed by atoms with Gasteiger partial charge in [-0.1, -0.05) is 0 Å². The lowest BCUT2D eigenvalue weighted by atomic mass is 9.97. The maximum Gasteiger partial charge on any atom is 0.227 e. The van der Waals surface area contributed by atoms with Gasteiger partial charge in [-0.2, -0.15) is 0 Å². The SMILES string of the molecule is CCN(c1ccc(NC(=O)C2CCNCC2)cc1)C(C)C. The summed E-state index contributed by atoms with van der Waals surface area (Å²) in [6, 6.07) is 8.65. The molecule has 0 spiro atoms. The number of carbonyl (C=O) groups is 1. The molecule has 0 radical (unpaired) electrons. The molecule has 1 aromatic rings. The van der Waals surface area contributed by atoms with Crippen molar-refractivity contribution in [2.75, 3.05) is 29.9 Å². The molecule has 0 aliphatic carbocycles. The molecule has 1 fully saturated rings. The van der Waals surface area contributed by atoms with Crippen molar-refractivity contribution in [1.29, 1.82) is 0 Å². The maximum atomic E-state index is 12.2. The van der Waals surface area contributed by atoms with Crippen LogP contribution in [0.1, 0.15) is 33.6 Å². The highest BCUT2D eigenvalue weighted by molar-refractivity contribution is 5.92. The number of piperidine rings is 1. The molecular weight excluding hydrogens is 262 g/mol. The van der Waals surface area contributed by atoms with E-state index < -0.39 is 0 Å². The first-order valence-electron chi connectivity index (χ1n) is 8.00. The first-order valence-corrected chi connectivity index (χ1v) is 8.00. The van der Waals surface area contributed by atoms with E-state index in [0.29, 0.717) is 6.04 Å². The average molecular weight is 289 g/mol. The van der Waals surface area contributed by atoms with Crippen LogP contribution in [0.5, 0.6) is 0 Å². The van der Waals surface area contributed by atoms with Gasteiger partial charge in [0.05, 0.1) is 0 Å². The minimum absolute atomic E-state index is 0.147. The highest BCUT2D eigenvalue weighted by Gasteiger charge is 2.20. The van der Waals surface area contributed by atoms with Crippen LogP contribution in [0.15, 0.2) is 24.3 Å². The Balaban J connectivity index is 1.97. The monoisotopic (exact) mass is 289 g/mol. The summed E-state index contributed by atoms with van der Waals surface area (Å²) in [5, 5.41) is 6.32. The Bertz CT molecular complexity index is 450. The Morgan fingerprint density at radius 2 is 1.90 bits per heavy atom. The normalized spacial score (nSPS) is 16.0. The highest BCUT2D eigenvalue weighted by atomic mass is 16.1. The Labute approximate surface area is 127 Å². The van der Waals surface area contributed by atoms with E-state index >= 15 is 0 Å². The molecule has 0 atom stereocenters. The Kier molecular flexibility index (Phi) is 5.62. The zero-order chi connectivity index (χ0) is 15.2. The van der Waals surface area contributed by atoms with E-state index in [4.69, 9.17) is 0 Å². The second kappa shape index (κ2) is 7.46. The highest BCUT2D eigenvalue weighted by Crippen LogP contribution is 2.21.